The van der Waals surface area contributed by atoms with Gasteiger partial charge < -0.3 is 25.2 Å². The molecule has 1 aliphatic heterocycles. The summed E-state index contributed by atoms with van der Waals surface area (Å²) in [6.07, 6.45) is 9.87. The number of aromatic nitrogens is 3. The van der Waals surface area contributed by atoms with Crippen LogP contribution in [0.2, 0.25) is 0 Å². The van der Waals surface area contributed by atoms with Crippen LogP contribution in [0.1, 0.15) is 51.9 Å². The van der Waals surface area contributed by atoms with E-state index in [1.807, 2.05) is 0 Å². The van der Waals surface area contributed by atoms with Crippen LogP contribution in [-0.4, -0.2) is 64.6 Å². The first-order valence-electron chi connectivity index (χ1n) is 12.7. The molecule has 2 fully saturated rings. The van der Waals surface area contributed by atoms with E-state index in [0.717, 1.165) is 38.6 Å². The summed E-state index contributed by atoms with van der Waals surface area (Å²) in [7, 11) is 0. The number of hydrogen-bond donors (Lipinski definition) is 3. The number of halogens is 1. The topological polar surface area (TPSA) is 125 Å². The maximum Gasteiger partial charge on any atom is 0.232 e. The van der Waals surface area contributed by atoms with Gasteiger partial charge in [0, 0.05) is 30.9 Å². The van der Waals surface area contributed by atoms with Crippen molar-refractivity contribution in [3.8, 4) is 23.2 Å². The second kappa shape index (κ2) is 12.4. The lowest BCUT2D eigenvalue weighted by molar-refractivity contribution is 0.0182. The van der Waals surface area contributed by atoms with Gasteiger partial charge in [-0.25, -0.2) is 14.4 Å². The van der Waals surface area contributed by atoms with Crippen molar-refractivity contribution in [2.45, 2.75) is 70.1 Å². The van der Waals surface area contributed by atoms with Crippen molar-refractivity contribution >= 4 is 5.82 Å². The van der Waals surface area contributed by atoms with E-state index in [4.69, 9.17) is 9.47 Å². The van der Waals surface area contributed by atoms with Gasteiger partial charge in [0.05, 0.1) is 41.9 Å². The van der Waals surface area contributed by atoms with Crippen LogP contribution in [0.3, 0.4) is 0 Å². The van der Waals surface area contributed by atoms with Crippen LogP contribution in [-0.2, 0) is 4.74 Å². The van der Waals surface area contributed by atoms with Gasteiger partial charge in [0.15, 0.2) is 5.82 Å². The molecule has 10 heteroatoms. The smallest absolute Gasteiger partial charge is 0.232 e. The first-order valence-corrected chi connectivity index (χ1v) is 12.7. The number of nitrogens with zero attached hydrogens (tertiary/aromatic N) is 4. The monoisotopic (exact) mass is 498 g/mol. The highest BCUT2D eigenvalue weighted by Crippen LogP contribution is 2.31. The van der Waals surface area contributed by atoms with Gasteiger partial charge in [-0.05, 0) is 64.5 Å². The molecular weight excluding hydrogens is 463 g/mol. The zero-order valence-corrected chi connectivity index (χ0v) is 20.8. The molecule has 9 nitrogen and oxygen atoms in total. The van der Waals surface area contributed by atoms with E-state index >= 15 is 0 Å². The molecule has 3 heterocycles. The SMILES string of the molecule is CC(O)CCNC1CCC(Nc2cc(-c3cncc(OCC4(C#N)CCOCC4)n3)c(F)cn2)CC1. The Bertz CT molecular complexity index is 1030. The molecule has 1 unspecified atom stereocenters. The molecule has 3 N–H and O–H groups in total. The van der Waals surface area contributed by atoms with Crippen molar-refractivity contribution in [2.24, 2.45) is 5.41 Å². The molecule has 1 aliphatic carbocycles. The van der Waals surface area contributed by atoms with E-state index in [-0.39, 0.29) is 24.6 Å². The maximum atomic E-state index is 14.7. The fourth-order valence-corrected chi connectivity index (χ4v) is 4.67. The van der Waals surface area contributed by atoms with Crippen LogP contribution in [0.25, 0.3) is 11.3 Å². The van der Waals surface area contributed by atoms with Crippen LogP contribution in [0, 0.1) is 22.6 Å². The first kappa shape index (κ1) is 26.2. The van der Waals surface area contributed by atoms with Crippen LogP contribution in [0.4, 0.5) is 10.2 Å². The Morgan fingerprint density at radius 2 is 1.97 bits per heavy atom. The number of pyridine rings is 1. The minimum absolute atomic E-state index is 0.188. The summed E-state index contributed by atoms with van der Waals surface area (Å²) >= 11 is 0. The Kier molecular flexibility index (Phi) is 9.02. The van der Waals surface area contributed by atoms with E-state index in [1.54, 1.807) is 13.0 Å². The Labute approximate surface area is 211 Å². The highest BCUT2D eigenvalue weighted by atomic mass is 19.1. The van der Waals surface area contributed by atoms with Crippen molar-refractivity contribution in [3.63, 3.8) is 0 Å². The van der Waals surface area contributed by atoms with E-state index in [2.05, 4.69) is 31.7 Å². The normalized spacial score (nSPS) is 22.4. The predicted octanol–water partition coefficient (Wildman–Crippen LogP) is 3.46. The van der Waals surface area contributed by atoms with Crippen molar-refractivity contribution in [1.29, 1.82) is 5.26 Å². The molecular formula is C26H35FN6O3. The van der Waals surface area contributed by atoms with Gasteiger partial charge >= 0.3 is 0 Å². The second-order valence-corrected chi connectivity index (χ2v) is 9.87. The van der Waals surface area contributed by atoms with Crippen LogP contribution < -0.4 is 15.4 Å². The van der Waals surface area contributed by atoms with E-state index in [9.17, 15) is 14.8 Å². The predicted molar refractivity (Wildman–Crippen MR) is 133 cm³/mol. The summed E-state index contributed by atoms with van der Waals surface area (Å²) in [6.45, 7) is 3.87. The van der Waals surface area contributed by atoms with Gasteiger partial charge in [-0.1, -0.05) is 0 Å². The fraction of sp³-hybridized carbons (Fsp3) is 0.615. The molecule has 0 amide bonds. The van der Waals surface area contributed by atoms with Crippen LogP contribution in [0.5, 0.6) is 5.88 Å². The molecule has 194 valence electrons. The number of nitrogens with one attached hydrogen (secondary N) is 2. The maximum absolute atomic E-state index is 14.7. The molecule has 2 aliphatic rings. The minimum Gasteiger partial charge on any atom is -0.475 e. The third-order valence-electron chi connectivity index (χ3n) is 7.00. The summed E-state index contributed by atoms with van der Waals surface area (Å²) in [5.74, 6) is 0.354. The largest absolute Gasteiger partial charge is 0.475 e. The number of hydrogen-bond acceptors (Lipinski definition) is 9. The van der Waals surface area contributed by atoms with E-state index in [1.165, 1.54) is 18.6 Å². The molecule has 1 saturated carbocycles. The van der Waals surface area contributed by atoms with Crippen molar-refractivity contribution in [3.05, 3.63) is 30.5 Å². The number of rotatable bonds is 10. The van der Waals surface area contributed by atoms with Crippen molar-refractivity contribution < 1.29 is 19.0 Å². The van der Waals surface area contributed by atoms with Gasteiger partial charge in [0.1, 0.15) is 12.4 Å². The number of anilines is 1. The quantitative estimate of drug-likeness (QED) is 0.451. The first-order chi connectivity index (χ1) is 17.5. The lowest BCUT2D eigenvalue weighted by Gasteiger charge is -2.30. The molecule has 0 bridgehead atoms. The molecule has 1 atom stereocenters. The number of nitriles is 1. The molecule has 0 spiro atoms. The molecule has 0 radical (unpaired) electrons. The molecule has 2 aromatic rings. The summed E-state index contributed by atoms with van der Waals surface area (Å²) in [5.41, 5.74) is 0.0280. The van der Waals surface area contributed by atoms with Gasteiger partial charge in [-0.15, -0.1) is 0 Å². The highest BCUT2D eigenvalue weighted by molar-refractivity contribution is 5.63. The Morgan fingerprint density at radius 1 is 1.22 bits per heavy atom. The average Bonchev–Trinajstić information content (AvgIpc) is 2.90. The van der Waals surface area contributed by atoms with Crippen LogP contribution >= 0.6 is 0 Å². The third-order valence-corrected chi connectivity index (χ3v) is 7.00. The van der Waals surface area contributed by atoms with Gasteiger partial charge in [0.2, 0.25) is 5.88 Å². The minimum atomic E-state index is -0.610. The third kappa shape index (κ3) is 7.09. The molecule has 0 aromatic carbocycles. The number of ether oxygens (including phenoxy) is 2. The summed E-state index contributed by atoms with van der Waals surface area (Å²) in [6, 6.07) is 4.73. The highest BCUT2D eigenvalue weighted by Gasteiger charge is 2.34. The van der Waals surface area contributed by atoms with E-state index < -0.39 is 11.2 Å². The average molecular weight is 499 g/mol. The van der Waals surface area contributed by atoms with Gasteiger partial charge in [-0.2, -0.15) is 5.26 Å². The second-order valence-electron chi connectivity index (χ2n) is 9.87. The fourth-order valence-electron chi connectivity index (χ4n) is 4.67. The Hall–Kier alpha value is -2.87. The number of aliphatic hydroxyl groups is 1. The summed E-state index contributed by atoms with van der Waals surface area (Å²) in [5, 5.41) is 26.0. The van der Waals surface area contributed by atoms with Gasteiger partial charge in [0.25, 0.3) is 0 Å². The molecule has 2 aromatic heterocycles. The van der Waals surface area contributed by atoms with E-state index in [0.29, 0.717) is 49.2 Å². The van der Waals surface area contributed by atoms with Crippen molar-refractivity contribution in [2.75, 3.05) is 31.7 Å². The summed E-state index contributed by atoms with van der Waals surface area (Å²) < 4.78 is 25.9. The number of aliphatic hydroxyl groups excluding tert-OH is 1. The molecule has 4 rings (SSSR count). The lowest BCUT2D eigenvalue weighted by Crippen LogP contribution is -2.38. The zero-order chi connectivity index (χ0) is 25.4. The Morgan fingerprint density at radius 3 is 2.69 bits per heavy atom. The lowest BCUT2D eigenvalue weighted by atomic mass is 9.83. The zero-order valence-electron chi connectivity index (χ0n) is 20.8. The van der Waals surface area contributed by atoms with Crippen molar-refractivity contribution in [1.82, 2.24) is 20.3 Å². The standard InChI is InChI=1S/C26H35FN6O3/c1-18(34)6-9-30-19-2-4-20(5-3-19)32-24-12-21(22(27)13-31-24)23-14-29-15-25(33-23)36-17-26(16-28)7-10-35-11-8-26/h12-15,18-20,30,34H,2-11,17H2,1H3,(H,31,32). The van der Waals surface area contributed by atoms with Gasteiger partial charge in [-0.3, -0.25) is 4.98 Å². The molecule has 36 heavy (non-hydrogen) atoms. The Balaban J connectivity index is 1.36. The summed E-state index contributed by atoms with van der Waals surface area (Å²) in [4.78, 5) is 12.9. The molecule has 1 saturated heterocycles. The van der Waals surface area contributed by atoms with Crippen LogP contribution in [0.15, 0.2) is 24.7 Å².